The van der Waals surface area contributed by atoms with E-state index in [4.69, 9.17) is 9.97 Å². The van der Waals surface area contributed by atoms with Crippen molar-refractivity contribution < 1.29 is 13.2 Å². The van der Waals surface area contributed by atoms with Crippen LogP contribution in [0.15, 0.2) is 94.7 Å². The van der Waals surface area contributed by atoms with Gasteiger partial charge in [0.2, 0.25) is 15.7 Å². The van der Waals surface area contributed by atoms with E-state index < -0.39 is 9.84 Å². The molecule has 176 valence electrons. The Hall–Kier alpha value is -4.04. The highest BCUT2D eigenvalue weighted by Crippen LogP contribution is 2.40. The van der Waals surface area contributed by atoms with Crippen molar-refractivity contribution in [1.82, 2.24) is 14.5 Å². The molecule has 0 aliphatic heterocycles. The standard InChI is InChI=1S/C27H24N4O3S/c1-3-23(32)30-27-25(35(33,34)20-14-8-5-9-15-20)24-26(29-22-17-11-10-16-21(22)28-24)31(27)18(2)19-12-6-4-7-13-19/h4-18H,3H2,1-2H3,(H,30,32)/t18-/m1/s1. The molecule has 0 spiro atoms. The van der Waals surface area contributed by atoms with Gasteiger partial charge in [-0.3, -0.25) is 4.79 Å². The third-order valence-corrected chi connectivity index (χ3v) is 7.84. The average molecular weight is 485 g/mol. The smallest absolute Gasteiger partial charge is 0.225 e. The van der Waals surface area contributed by atoms with Gasteiger partial charge in [0.25, 0.3) is 0 Å². The summed E-state index contributed by atoms with van der Waals surface area (Å²) in [7, 11) is -4.05. The Morgan fingerprint density at radius 1 is 0.886 bits per heavy atom. The summed E-state index contributed by atoms with van der Waals surface area (Å²) in [5.41, 5.74) is 2.76. The summed E-state index contributed by atoms with van der Waals surface area (Å²) < 4.78 is 29.8. The molecule has 0 unspecified atom stereocenters. The molecule has 1 N–H and O–H groups in total. The van der Waals surface area contributed by atoms with Crippen LogP contribution >= 0.6 is 0 Å². The second-order valence-corrected chi connectivity index (χ2v) is 10.1. The third kappa shape index (κ3) is 3.95. The summed E-state index contributed by atoms with van der Waals surface area (Å²) in [6, 6.07) is 24.8. The fourth-order valence-electron chi connectivity index (χ4n) is 4.21. The Bertz CT molecular complexity index is 1650. The normalized spacial score (nSPS) is 12.6. The van der Waals surface area contributed by atoms with Crippen LogP contribution in [0, 0.1) is 0 Å². The van der Waals surface area contributed by atoms with Crippen LogP contribution < -0.4 is 5.32 Å². The van der Waals surface area contributed by atoms with Crippen molar-refractivity contribution in [2.45, 2.75) is 36.1 Å². The Morgan fingerprint density at radius 3 is 2.09 bits per heavy atom. The van der Waals surface area contributed by atoms with Gasteiger partial charge < -0.3 is 9.88 Å². The van der Waals surface area contributed by atoms with Crippen LogP contribution in [-0.2, 0) is 14.6 Å². The number of amides is 1. The molecule has 0 fully saturated rings. The van der Waals surface area contributed by atoms with E-state index in [2.05, 4.69) is 5.32 Å². The van der Waals surface area contributed by atoms with E-state index >= 15 is 0 Å². The van der Waals surface area contributed by atoms with Crippen molar-refractivity contribution in [3.63, 3.8) is 0 Å². The Balaban J connectivity index is 1.93. The zero-order valence-electron chi connectivity index (χ0n) is 19.3. The number of hydrogen-bond donors (Lipinski definition) is 1. The second kappa shape index (κ2) is 8.96. The summed E-state index contributed by atoms with van der Waals surface area (Å²) in [5.74, 6) is -0.134. The van der Waals surface area contributed by atoms with Crippen molar-refractivity contribution in [2.75, 3.05) is 5.32 Å². The molecule has 3 aromatic carbocycles. The number of aromatic nitrogens is 3. The maximum absolute atomic E-state index is 14.0. The minimum Gasteiger partial charge on any atom is -0.311 e. The van der Waals surface area contributed by atoms with Crippen LogP contribution in [0.5, 0.6) is 0 Å². The van der Waals surface area contributed by atoms with Crippen LogP contribution in [0.1, 0.15) is 31.9 Å². The zero-order valence-corrected chi connectivity index (χ0v) is 20.2. The fraction of sp³-hybridized carbons (Fsp3) is 0.148. The van der Waals surface area contributed by atoms with E-state index in [1.807, 2.05) is 55.5 Å². The molecule has 0 bridgehead atoms. The SMILES string of the molecule is CCC(=O)Nc1c(S(=O)(=O)c2ccccc2)c2nc3ccccc3nc2n1[C@H](C)c1ccccc1. The largest absolute Gasteiger partial charge is 0.311 e. The van der Waals surface area contributed by atoms with Crippen LogP contribution in [-0.4, -0.2) is 28.9 Å². The zero-order chi connectivity index (χ0) is 24.6. The number of fused-ring (bicyclic) bond motifs is 2. The molecule has 2 aromatic heterocycles. The number of nitrogens with zero attached hydrogens (tertiary/aromatic N) is 3. The van der Waals surface area contributed by atoms with E-state index in [-0.39, 0.29) is 39.5 Å². The molecule has 7 nitrogen and oxygen atoms in total. The molecule has 0 aliphatic carbocycles. The number of carbonyl (C=O) groups excluding carboxylic acids is 1. The number of rotatable bonds is 6. The first-order chi connectivity index (χ1) is 16.9. The van der Waals surface area contributed by atoms with Gasteiger partial charge in [-0.1, -0.05) is 67.6 Å². The molecule has 35 heavy (non-hydrogen) atoms. The molecule has 0 aliphatic rings. The molecular formula is C27H24N4O3S. The number of benzene rings is 3. The van der Waals surface area contributed by atoms with Crippen molar-refractivity contribution in [3.05, 3.63) is 90.5 Å². The number of nitrogens with one attached hydrogen (secondary N) is 1. The average Bonchev–Trinajstić information content (AvgIpc) is 3.20. The maximum atomic E-state index is 14.0. The Morgan fingerprint density at radius 2 is 1.46 bits per heavy atom. The number of hydrogen-bond acceptors (Lipinski definition) is 5. The van der Waals surface area contributed by atoms with Gasteiger partial charge in [-0.15, -0.1) is 0 Å². The number of para-hydroxylation sites is 2. The quantitative estimate of drug-likeness (QED) is 0.349. The van der Waals surface area contributed by atoms with Gasteiger partial charge in [0, 0.05) is 6.42 Å². The molecule has 2 heterocycles. The molecule has 5 aromatic rings. The van der Waals surface area contributed by atoms with Gasteiger partial charge >= 0.3 is 0 Å². The highest BCUT2D eigenvalue weighted by atomic mass is 32.2. The first-order valence-corrected chi connectivity index (χ1v) is 12.9. The summed E-state index contributed by atoms with van der Waals surface area (Å²) in [5, 5.41) is 2.86. The summed E-state index contributed by atoms with van der Waals surface area (Å²) >= 11 is 0. The monoisotopic (exact) mass is 484 g/mol. The molecule has 1 atom stereocenters. The van der Waals surface area contributed by atoms with Crippen LogP contribution in [0.3, 0.4) is 0 Å². The van der Waals surface area contributed by atoms with Gasteiger partial charge in [0.15, 0.2) is 5.65 Å². The lowest BCUT2D eigenvalue weighted by atomic mass is 10.1. The molecule has 0 radical (unpaired) electrons. The molecular weight excluding hydrogens is 460 g/mol. The first kappa shape index (κ1) is 22.7. The first-order valence-electron chi connectivity index (χ1n) is 11.4. The van der Waals surface area contributed by atoms with Crippen LogP contribution in [0.2, 0.25) is 0 Å². The Kier molecular flexibility index (Phi) is 5.82. The molecule has 1 amide bonds. The van der Waals surface area contributed by atoms with Gasteiger partial charge in [-0.25, -0.2) is 18.4 Å². The topological polar surface area (TPSA) is 93.9 Å². The number of carbonyl (C=O) groups is 1. The lowest BCUT2D eigenvalue weighted by molar-refractivity contribution is -0.115. The molecule has 5 rings (SSSR count). The van der Waals surface area contributed by atoms with Gasteiger partial charge in [0.1, 0.15) is 16.2 Å². The summed E-state index contributed by atoms with van der Waals surface area (Å²) in [6.07, 6.45) is 0.189. The van der Waals surface area contributed by atoms with Crippen LogP contribution in [0.25, 0.3) is 22.2 Å². The van der Waals surface area contributed by atoms with Gasteiger partial charge in [-0.2, -0.15) is 0 Å². The lowest BCUT2D eigenvalue weighted by Gasteiger charge is -2.19. The maximum Gasteiger partial charge on any atom is 0.225 e. The molecule has 0 saturated heterocycles. The summed E-state index contributed by atoms with van der Waals surface area (Å²) in [6.45, 7) is 3.67. The number of anilines is 1. The van der Waals surface area contributed by atoms with E-state index in [9.17, 15) is 13.2 Å². The number of sulfone groups is 1. The highest BCUT2D eigenvalue weighted by molar-refractivity contribution is 7.92. The van der Waals surface area contributed by atoms with Crippen molar-refractivity contribution in [3.8, 4) is 0 Å². The van der Waals surface area contributed by atoms with E-state index in [1.54, 1.807) is 47.9 Å². The van der Waals surface area contributed by atoms with Crippen molar-refractivity contribution >= 4 is 43.8 Å². The van der Waals surface area contributed by atoms with E-state index in [1.165, 1.54) is 0 Å². The second-order valence-electron chi connectivity index (χ2n) is 8.24. The summed E-state index contributed by atoms with van der Waals surface area (Å²) in [4.78, 5) is 22.3. The van der Waals surface area contributed by atoms with Gasteiger partial charge in [0.05, 0.1) is 22.0 Å². The minimum absolute atomic E-state index is 0.0541. The third-order valence-electron chi connectivity index (χ3n) is 6.02. The molecule has 0 saturated carbocycles. The van der Waals surface area contributed by atoms with E-state index in [0.717, 1.165) is 5.56 Å². The highest BCUT2D eigenvalue weighted by Gasteiger charge is 2.33. The van der Waals surface area contributed by atoms with E-state index in [0.29, 0.717) is 16.7 Å². The predicted molar refractivity (Wildman–Crippen MR) is 136 cm³/mol. The minimum atomic E-state index is -4.05. The van der Waals surface area contributed by atoms with Gasteiger partial charge in [-0.05, 0) is 36.8 Å². The lowest BCUT2D eigenvalue weighted by Crippen LogP contribution is -2.18. The van der Waals surface area contributed by atoms with Crippen molar-refractivity contribution in [2.24, 2.45) is 0 Å². The predicted octanol–water partition coefficient (Wildman–Crippen LogP) is 5.38. The van der Waals surface area contributed by atoms with Crippen LogP contribution in [0.4, 0.5) is 5.82 Å². The molecule has 8 heteroatoms. The fourth-order valence-corrected chi connectivity index (χ4v) is 5.75. The van der Waals surface area contributed by atoms with Crippen molar-refractivity contribution in [1.29, 1.82) is 0 Å². The Labute approximate surface area is 203 Å².